The fraction of sp³-hybridized carbons (Fsp3) is 0.812. The highest BCUT2D eigenvalue weighted by atomic mass is 16.6. The van der Waals surface area contributed by atoms with Crippen LogP contribution in [0.5, 0.6) is 0 Å². The van der Waals surface area contributed by atoms with E-state index in [0.717, 1.165) is 12.8 Å². The molecular weight excluding hydrogens is 302 g/mol. The standard InChI is InChI=1S/C16H29NO6/c1-3-5-8-23-16(18)17-6-9-20-11-13-22-15-14-21-12-10-19-7-4-2/h2H,3,5-15H2,1H3,(H,17,18). The Morgan fingerprint density at radius 3 is 2.04 bits per heavy atom. The molecule has 23 heavy (non-hydrogen) atoms. The number of unbranched alkanes of at least 4 members (excludes halogenated alkanes) is 1. The lowest BCUT2D eigenvalue weighted by Gasteiger charge is -2.08. The minimum atomic E-state index is -0.401. The predicted octanol–water partition coefficient (Wildman–Crippen LogP) is 1.21. The monoisotopic (exact) mass is 331 g/mol. The first kappa shape index (κ1) is 21.7. The Balaban J connectivity index is 3.08. The molecule has 0 rings (SSSR count). The highest BCUT2D eigenvalue weighted by molar-refractivity contribution is 5.66. The zero-order valence-electron chi connectivity index (χ0n) is 14.0. The molecule has 0 spiro atoms. The summed E-state index contributed by atoms with van der Waals surface area (Å²) >= 11 is 0. The van der Waals surface area contributed by atoms with Crippen LogP contribution in [0.15, 0.2) is 0 Å². The zero-order chi connectivity index (χ0) is 17.0. The van der Waals surface area contributed by atoms with Crippen LogP contribution in [0.1, 0.15) is 19.8 Å². The van der Waals surface area contributed by atoms with E-state index in [4.69, 9.17) is 30.1 Å². The summed E-state index contributed by atoms with van der Waals surface area (Å²) in [6.07, 6.45) is 6.51. The van der Waals surface area contributed by atoms with Gasteiger partial charge in [0.15, 0.2) is 0 Å². The van der Waals surface area contributed by atoms with Gasteiger partial charge in [0, 0.05) is 6.54 Å². The summed E-state index contributed by atoms with van der Waals surface area (Å²) in [6, 6.07) is 0. The average Bonchev–Trinajstić information content (AvgIpc) is 2.55. The molecule has 0 aliphatic heterocycles. The number of hydrogen-bond acceptors (Lipinski definition) is 6. The second kappa shape index (κ2) is 18.7. The van der Waals surface area contributed by atoms with Crippen molar-refractivity contribution in [3.63, 3.8) is 0 Å². The summed E-state index contributed by atoms with van der Waals surface area (Å²) in [7, 11) is 0. The van der Waals surface area contributed by atoms with Gasteiger partial charge in [-0.25, -0.2) is 4.79 Å². The van der Waals surface area contributed by atoms with Crippen molar-refractivity contribution >= 4 is 6.09 Å². The van der Waals surface area contributed by atoms with Crippen LogP contribution in [-0.2, 0) is 23.7 Å². The first-order valence-electron chi connectivity index (χ1n) is 7.96. The maximum Gasteiger partial charge on any atom is 0.407 e. The van der Waals surface area contributed by atoms with Crippen LogP contribution >= 0.6 is 0 Å². The van der Waals surface area contributed by atoms with Crippen LogP contribution in [0.3, 0.4) is 0 Å². The fourth-order valence-corrected chi connectivity index (χ4v) is 1.38. The van der Waals surface area contributed by atoms with Gasteiger partial charge in [-0.15, -0.1) is 6.42 Å². The molecule has 1 N–H and O–H groups in total. The van der Waals surface area contributed by atoms with Crippen molar-refractivity contribution in [2.75, 3.05) is 66.0 Å². The Kier molecular flexibility index (Phi) is 17.6. The first-order valence-corrected chi connectivity index (χ1v) is 7.96. The van der Waals surface area contributed by atoms with Gasteiger partial charge in [0.05, 0.1) is 52.9 Å². The van der Waals surface area contributed by atoms with Crippen LogP contribution in [0.25, 0.3) is 0 Å². The average molecular weight is 331 g/mol. The van der Waals surface area contributed by atoms with E-state index in [1.807, 2.05) is 6.92 Å². The summed E-state index contributed by atoms with van der Waals surface area (Å²) < 4.78 is 25.9. The highest BCUT2D eigenvalue weighted by Crippen LogP contribution is 1.88. The molecule has 0 atom stereocenters. The number of nitrogens with one attached hydrogen (secondary N) is 1. The Morgan fingerprint density at radius 2 is 1.48 bits per heavy atom. The molecule has 0 heterocycles. The largest absolute Gasteiger partial charge is 0.450 e. The molecule has 0 saturated carbocycles. The minimum Gasteiger partial charge on any atom is -0.450 e. The van der Waals surface area contributed by atoms with E-state index in [0.29, 0.717) is 66.0 Å². The van der Waals surface area contributed by atoms with E-state index < -0.39 is 6.09 Å². The van der Waals surface area contributed by atoms with Gasteiger partial charge in [-0.2, -0.15) is 0 Å². The van der Waals surface area contributed by atoms with Gasteiger partial charge in [-0.3, -0.25) is 0 Å². The van der Waals surface area contributed by atoms with E-state index >= 15 is 0 Å². The number of carbonyl (C=O) groups is 1. The topological polar surface area (TPSA) is 75.3 Å². The maximum atomic E-state index is 11.2. The highest BCUT2D eigenvalue weighted by Gasteiger charge is 1.99. The molecule has 0 fully saturated rings. The van der Waals surface area contributed by atoms with Crippen molar-refractivity contribution in [2.24, 2.45) is 0 Å². The van der Waals surface area contributed by atoms with Crippen LogP contribution in [0, 0.1) is 12.3 Å². The van der Waals surface area contributed by atoms with Crippen LogP contribution in [0.4, 0.5) is 4.79 Å². The number of alkyl carbamates (subject to hydrolysis) is 1. The van der Waals surface area contributed by atoms with Gasteiger partial charge in [-0.1, -0.05) is 19.3 Å². The molecule has 7 nitrogen and oxygen atoms in total. The maximum absolute atomic E-state index is 11.2. The van der Waals surface area contributed by atoms with Gasteiger partial charge in [0.2, 0.25) is 0 Å². The van der Waals surface area contributed by atoms with Crippen LogP contribution in [0.2, 0.25) is 0 Å². The number of rotatable bonds is 16. The molecule has 0 aliphatic carbocycles. The van der Waals surface area contributed by atoms with E-state index in [2.05, 4.69) is 11.2 Å². The summed E-state index contributed by atoms with van der Waals surface area (Å²) in [5.41, 5.74) is 0. The summed E-state index contributed by atoms with van der Waals surface area (Å²) in [5, 5.41) is 2.61. The lowest BCUT2D eigenvalue weighted by molar-refractivity contribution is 0.00169. The van der Waals surface area contributed by atoms with Gasteiger partial charge in [0.1, 0.15) is 6.61 Å². The number of amides is 1. The van der Waals surface area contributed by atoms with Gasteiger partial charge >= 0.3 is 6.09 Å². The van der Waals surface area contributed by atoms with Crippen LogP contribution in [-0.4, -0.2) is 72.1 Å². The molecule has 0 radical (unpaired) electrons. The molecule has 1 amide bonds. The molecule has 0 aromatic carbocycles. The predicted molar refractivity (Wildman–Crippen MR) is 86.4 cm³/mol. The smallest absolute Gasteiger partial charge is 0.407 e. The van der Waals surface area contributed by atoms with E-state index in [-0.39, 0.29) is 0 Å². The molecule has 0 aromatic rings. The third-order valence-corrected chi connectivity index (χ3v) is 2.55. The van der Waals surface area contributed by atoms with E-state index in [9.17, 15) is 4.79 Å². The van der Waals surface area contributed by atoms with E-state index in [1.165, 1.54) is 0 Å². The SMILES string of the molecule is C#CCOCCOCCOCCOCCNC(=O)OCCCC. The summed E-state index contributed by atoms with van der Waals surface area (Å²) in [4.78, 5) is 11.2. The molecular formula is C16H29NO6. The summed E-state index contributed by atoms with van der Waals surface area (Å²) in [5.74, 6) is 2.38. The fourth-order valence-electron chi connectivity index (χ4n) is 1.38. The normalized spacial score (nSPS) is 10.3. The lowest BCUT2D eigenvalue weighted by atomic mass is 10.4. The van der Waals surface area contributed by atoms with E-state index in [1.54, 1.807) is 0 Å². The van der Waals surface area contributed by atoms with Gasteiger partial charge in [-0.05, 0) is 6.42 Å². The third kappa shape index (κ3) is 18.6. The second-order valence-corrected chi connectivity index (χ2v) is 4.51. The Hall–Kier alpha value is -1.33. The molecule has 134 valence electrons. The van der Waals surface area contributed by atoms with Gasteiger partial charge < -0.3 is 29.0 Å². The van der Waals surface area contributed by atoms with Crippen molar-refractivity contribution < 1.29 is 28.5 Å². The van der Waals surface area contributed by atoms with Gasteiger partial charge in [0.25, 0.3) is 0 Å². The third-order valence-electron chi connectivity index (χ3n) is 2.55. The Bertz CT molecular complexity index is 305. The molecule has 0 aromatic heterocycles. The lowest BCUT2D eigenvalue weighted by Crippen LogP contribution is -2.28. The van der Waals surface area contributed by atoms with Crippen LogP contribution < -0.4 is 5.32 Å². The number of carbonyl (C=O) groups excluding carboxylic acids is 1. The zero-order valence-corrected chi connectivity index (χ0v) is 14.0. The van der Waals surface area contributed by atoms with Crippen molar-refractivity contribution in [3.05, 3.63) is 0 Å². The second-order valence-electron chi connectivity index (χ2n) is 4.51. The van der Waals surface area contributed by atoms with Crippen molar-refractivity contribution in [3.8, 4) is 12.3 Å². The molecule has 0 saturated heterocycles. The van der Waals surface area contributed by atoms with Crippen molar-refractivity contribution in [1.29, 1.82) is 0 Å². The molecule has 0 unspecified atom stereocenters. The number of hydrogen-bond donors (Lipinski definition) is 1. The molecule has 0 bridgehead atoms. The minimum absolute atomic E-state index is 0.308. The quantitative estimate of drug-likeness (QED) is 0.338. The van der Waals surface area contributed by atoms with Crippen molar-refractivity contribution in [2.45, 2.75) is 19.8 Å². The summed E-state index contributed by atoms with van der Waals surface area (Å²) in [6.45, 7) is 6.60. The molecule has 0 aliphatic rings. The van der Waals surface area contributed by atoms with Crippen molar-refractivity contribution in [1.82, 2.24) is 5.32 Å². The molecule has 7 heteroatoms. The Labute approximate surface area is 138 Å². The first-order chi connectivity index (χ1) is 11.3. The number of terminal acetylenes is 1. The number of ether oxygens (including phenoxy) is 5. The Morgan fingerprint density at radius 1 is 0.913 bits per heavy atom.